The van der Waals surface area contributed by atoms with E-state index in [9.17, 15) is 0 Å². The zero-order chi connectivity index (χ0) is 24.0. The monoisotopic (exact) mass is 488 g/mol. The number of nitrogens with zero attached hydrogens (tertiary/aromatic N) is 6. The van der Waals surface area contributed by atoms with Crippen LogP contribution in [-0.2, 0) is 19.6 Å². The van der Waals surface area contributed by atoms with Crippen LogP contribution in [0.2, 0.25) is 0 Å². The van der Waals surface area contributed by atoms with Crippen LogP contribution >= 0.6 is 11.3 Å². The Morgan fingerprint density at radius 1 is 1.00 bits per heavy atom. The molecule has 0 unspecified atom stereocenters. The van der Waals surface area contributed by atoms with Gasteiger partial charge in [-0.15, -0.1) is 11.3 Å². The maximum atomic E-state index is 5.46. The zero-order valence-electron chi connectivity index (χ0n) is 20.4. The summed E-state index contributed by atoms with van der Waals surface area (Å²) in [5.41, 5.74) is 4.71. The Labute approximate surface area is 211 Å². The first-order chi connectivity index (χ1) is 17.2. The van der Waals surface area contributed by atoms with Gasteiger partial charge in [0.1, 0.15) is 5.75 Å². The van der Waals surface area contributed by atoms with Gasteiger partial charge in [0.2, 0.25) is 0 Å². The van der Waals surface area contributed by atoms with Gasteiger partial charge < -0.3 is 19.1 Å². The summed E-state index contributed by atoms with van der Waals surface area (Å²) >= 11 is 1.73. The van der Waals surface area contributed by atoms with E-state index in [1.807, 2.05) is 29.2 Å². The van der Waals surface area contributed by atoms with Crippen molar-refractivity contribution in [3.8, 4) is 11.4 Å². The van der Waals surface area contributed by atoms with Gasteiger partial charge in [-0.1, -0.05) is 24.3 Å². The minimum atomic E-state index is 0.766. The second-order valence-electron chi connectivity index (χ2n) is 9.04. The minimum absolute atomic E-state index is 0.766. The Morgan fingerprint density at radius 3 is 2.54 bits per heavy atom. The van der Waals surface area contributed by atoms with Crippen LogP contribution in [0.15, 0.2) is 72.6 Å². The molecule has 182 valence electrons. The largest absolute Gasteiger partial charge is 0.497 e. The zero-order valence-corrected chi connectivity index (χ0v) is 21.2. The molecule has 1 saturated heterocycles. The SMILES string of the molecule is COc1cccc(CN(Cc2ccc(-n3ccnc3)cc2)c2nc(CN3CCN(C)CC3)cs2)c1. The Balaban J connectivity index is 1.34. The Kier molecular flexibility index (Phi) is 7.42. The van der Waals surface area contributed by atoms with E-state index >= 15 is 0 Å². The number of hydrogen-bond donors (Lipinski definition) is 0. The molecule has 2 aromatic heterocycles. The lowest BCUT2D eigenvalue weighted by molar-refractivity contribution is 0.147. The van der Waals surface area contributed by atoms with Crippen molar-refractivity contribution in [2.45, 2.75) is 19.6 Å². The van der Waals surface area contributed by atoms with E-state index in [0.29, 0.717) is 0 Å². The summed E-state index contributed by atoms with van der Waals surface area (Å²) < 4.78 is 7.47. The number of methoxy groups -OCH3 is 1. The normalized spacial score (nSPS) is 14.8. The van der Waals surface area contributed by atoms with Gasteiger partial charge in [0.15, 0.2) is 5.13 Å². The van der Waals surface area contributed by atoms with Crippen molar-refractivity contribution in [2.24, 2.45) is 0 Å². The number of hydrogen-bond acceptors (Lipinski definition) is 7. The van der Waals surface area contributed by atoms with E-state index < -0.39 is 0 Å². The first-order valence-corrected chi connectivity index (χ1v) is 12.8. The van der Waals surface area contributed by atoms with Crippen LogP contribution in [0.5, 0.6) is 5.75 Å². The van der Waals surface area contributed by atoms with Gasteiger partial charge in [-0.05, 0) is 42.4 Å². The highest BCUT2D eigenvalue weighted by Gasteiger charge is 2.18. The van der Waals surface area contributed by atoms with Crippen molar-refractivity contribution in [3.05, 3.63) is 89.5 Å². The van der Waals surface area contributed by atoms with Crippen molar-refractivity contribution in [1.29, 1.82) is 0 Å². The predicted octanol–water partition coefficient (Wildman–Crippen LogP) is 4.29. The molecule has 0 radical (unpaired) electrons. The molecular formula is C27H32N6OS. The van der Waals surface area contributed by atoms with Gasteiger partial charge in [-0.3, -0.25) is 4.90 Å². The first-order valence-electron chi connectivity index (χ1n) is 12.0. The maximum Gasteiger partial charge on any atom is 0.186 e. The van der Waals surface area contributed by atoms with Gasteiger partial charge in [0.05, 0.1) is 19.1 Å². The third-order valence-electron chi connectivity index (χ3n) is 6.41. The molecule has 0 bridgehead atoms. The van der Waals surface area contributed by atoms with Crippen LogP contribution < -0.4 is 9.64 Å². The summed E-state index contributed by atoms with van der Waals surface area (Å²) in [6.45, 7) is 6.89. The molecule has 1 aliphatic heterocycles. The fourth-order valence-electron chi connectivity index (χ4n) is 4.34. The number of imidazole rings is 1. The van der Waals surface area contributed by atoms with Gasteiger partial charge >= 0.3 is 0 Å². The molecule has 3 heterocycles. The highest BCUT2D eigenvalue weighted by molar-refractivity contribution is 7.13. The molecule has 4 aromatic rings. The Hall–Kier alpha value is -3.20. The van der Waals surface area contributed by atoms with Crippen LogP contribution in [0, 0.1) is 0 Å². The summed E-state index contributed by atoms with van der Waals surface area (Å²) in [6.07, 6.45) is 5.58. The highest BCUT2D eigenvalue weighted by Crippen LogP contribution is 2.27. The molecule has 35 heavy (non-hydrogen) atoms. The molecule has 0 N–H and O–H groups in total. The lowest BCUT2D eigenvalue weighted by Gasteiger charge is -2.31. The van der Waals surface area contributed by atoms with Crippen molar-refractivity contribution < 1.29 is 4.74 Å². The summed E-state index contributed by atoms with van der Waals surface area (Å²) in [4.78, 5) is 16.5. The molecule has 8 heteroatoms. The topological polar surface area (TPSA) is 49.7 Å². The summed E-state index contributed by atoms with van der Waals surface area (Å²) in [7, 11) is 3.90. The lowest BCUT2D eigenvalue weighted by atomic mass is 10.1. The van der Waals surface area contributed by atoms with E-state index in [1.165, 1.54) is 11.1 Å². The quantitative estimate of drug-likeness (QED) is 0.350. The van der Waals surface area contributed by atoms with Gasteiger partial charge in [-0.2, -0.15) is 0 Å². The van der Waals surface area contributed by atoms with Crippen molar-refractivity contribution >= 4 is 16.5 Å². The highest BCUT2D eigenvalue weighted by atomic mass is 32.1. The molecule has 0 amide bonds. The Bertz CT molecular complexity index is 1200. The summed E-state index contributed by atoms with van der Waals surface area (Å²) in [5, 5.41) is 3.27. The molecule has 0 saturated carbocycles. The number of benzene rings is 2. The standard InChI is InChI=1S/C27H32N6OS/c1-30-12-14-31(15-13-30)19-24-20-35-27(29-24)33(18-23-4-3-5-26(16-23)34-2)17-22-6-8-25(9-7-22)32-11-10-28-21-32/h3-11,16,20-21H,12-15,17-19H2,1-2H3. The third-order valence-corrected chi connectivity index (χ3v) is 7.36. The number of anilines is 1. The molecule has 5 rings (SSSR count). The average molecular weight is 489 g/mol. The fraction of sp³-hybridized carbons (Fsp3) is 0.333. The van der Waals surface area contributed by atoms with E-state index in [4.69, 9.17) is 9.72 Å². The number of thiazole rings is 1. The van der Waals surface area contributed by atoms with Gasteiger partial charge in [0.25, 0.3) is 0 Å². The number of likely N-dealkylation sites (N-methyl/N-ethyl adjacent to an activating group) is 1. The second-order valence-corrected chi connectivity index (χ2v) is 9.88. The van der Waals surface area contributed by atoms with Crippen molar-refractivity contribution in [3.63, 3.8) is 0 Å². The molecule has 7 nitrogen and oxygen atoms in total. The molecule has 1 fully saturated rings. The fourth-order valence-corrected chi connectivity index (χ4v) is 5.15. The molecule has 0 atom stereocenters. The number of ether oxygens (including phenoxy) is 1. The van der Waals surface area contributed by atoms with E-state index in [2.05, 4.69) is 68.5 Å². The molecular weight excluding hydrogens is 456 g/mol. The van der Waals surface area contributed by atoms with E-state index in [0.717, 1.165) is 68.1 Å². The number of piperazine rings is 1. The van der Waals surface area contributed by atoms with Crippen LogP contribution in [0.3, 0.4) is 0 Å². The summed E-state index contributed by atoms with van der Waals surface area (Å²) in [5.74, 6) is 0.877. The number of rotatable bonds is 9. The van der Waals surface area contributed by atoms with Crippen LogP contribution in [-0.4, -0.2) is 64.7 Å². The summed E-state index contributed by atoms with van der Waals surface area (Å²) in [6, 6.07) is 16.9. The molecule has 1 aliphatic rings. The molecule has 0 aliphatic carbocycles. The van der Waals surface area contributed by atoms with Crippen molar-refractivity contribution in [1.82, 2.24) is 24.3 Å². The Morgan fingerprint density at radius 2 is 1.80 bits per heavy atom. The molecule has 2 aromatic carbocycles. The third kappa shape index (κ3) is 6.08. The number of aromatic nitrogens is 3. The van der Waals surface area contributed by atoms with Crippen LogP contribution in [0.1, 0.15) is 16.8 Å². The van der Waals surface area contributed by atoms with E-state index in [1.54, 1.807) is 24.6 Å². The van der Waals surface area contributed by atoms with Crippen LogP contribution in [0.4, 0.5) is 5.13 Å². The van der Waals surface area contributed by atoms with Crippen molar-refractivity contribution in [2.75, 3.05) is 45.2 Å². The van der Waals surface area contributed by atoms with Gasteiger partial charge in [0, 0.05) is 69.3 Å². The smallest absolute Gasteiger partial charge is 0.186 e. The molecule has 0 spiro atoms. The lowest BCUT2D eigenvalue weighted by Crippen LogP contribution is -2.43. The minimum Gasteiger partial charge on any atom is -0.497 e. The van der Waals surface area contributed by atoms with Crippen LogP contribution in [0.25, 0.3) is 5.69 Å². The predicted molar refractivity (Wildman–Crippen MR) is 141 cm³/mol. The average Bonchev–Trinajstić information content (AvgIpc) is 3.59. The van der Waals surface area contributed by atoms with Gasteiger partial charge in [-0.25, -0.2) is 9.97 Å². The maximum absolute atomic E-state index is 5.46. The van der Waals surface area contributed by atoms with E-state index in [-0.39, 0.29) is 0 Å². The second kappa shape index (κ2) is 11.0. The first kappa shape index (κ1) is 23.5.